The van der Waals surface area contributed by atoms with Crippen molar-refractivity contribution in [2.45, 2.75) is 45.4 Å². The molecule has 0 bridgehead atoms. The van der Waals surface area contributed by atoms with Crippen molar-refractivity contribution in [1.82, 2.24) is 20.5 Å². The second-order valence-electron chi connectivity index (χ2n) is 8.06. The lowest BCUT2D eigenvalue weighted by Gasteiger charge is -2.27. The summed E-state index contributed by atoms with van der Waals surface area (Å²) in [5.41, 5.74) is 3.49. The first-order valence-electron chi connectivity index (χ1n) is 10.5. The minimum atomic E-state index is -0.0213. The topological polar surface area (TPSA) is 79.9 Å². The molecule has 1 aromatic carbocycles. The van der Waals surface area contributed by atoms with Crippen molar-refractivity contribution in [2.75, 3.05) is 13.7 Å². The molecule has 0 atom stereocenters. The number of benzene rings is 1. The van der Waals surface area contributed by atoms with Crippen molar-refractivity contribution < 1.29 is 9.53 Å². The highest BCUT2D eigenvalue weighted by atomic mass is 32.1. The Balaban J connectivity index is 1.35. The Morgan fingerprint density at radius 1 is 1.17 bits per heavy atom. The van der Waals surface area contributed by atoms with E-state index in [1.165, 1.54) is 5.01 Å². The molecule has 0 unspecified atom stereocenters. The van der Waals surface area contributed by atoms with E-state index < -0.39 is 0 Å². The van der Waals surface area contributed by atoms with Crippen LogP contribution in [0.4, 0.5) is 0 Å². The number of carbonyl (C=O) groups is 1. The number of nitrogens with one attached hydrogen (secondary N) is 2. The predicted molar refractivity (Wildman–Crippen MR) is 119 cm³/mol. The fourth-order valence-corrected chi connectivity index (χ4v) is 5.04. The summed E-state index contributed by atoms with van der Waals surface area (Å²) in [6, 6.07) is 9.68. The average molecular weight is 425 g/mol. The molecule has 3 aromatic rings. The number of aromatic amines is 1. The van der Waals surface area contributed by atoms with Gasteiger partial charge in [-0.05, 0) is 81.3 Å². The van der Waals surface area contributed by atoms with E-state index in [1.807, 2.05) is 44.2 Å². The van der Waals surface area contributed by atoms with Crippen LogP contribution in [0.1, 0.15) is 57.7 Å². The van der Waals surface area contributed by atoms with Crippen LogP contribution in [0.5, 0.6) is 5.75 Å². The molecule has 1 amide bonds. The van der Waals surface area contributed by atoms with Crippen LogP contribution < -0.4 is 10.1 Å². The number of ether oxygens (including phenoxy) is 1. The molecule has 0 aliphatic heterocycles. The van der Waals surface area contributed by atoms with Crippen LogP contribution in [0.3, 0.4) is 0 Å². The molecule has 2 N–H and O–H groups in total. The summed E-state index contributed by atoms with van der Waals surface area (Å²) in [5.74, 6) is 1.82. The van der Waals surface area contributed by atoms with E-state index in [-0.39, 0.29) is 5.91 Å². The Labute approximate surface area is 181 Å². The molecular formula is C23H28N4O2S. The lowest BCUT2D eigenvalue weighted by atomic mass is 9.82. The second-order valence-corrected chi connectivity index (χ2v) is 9.27. The minimum absolute atomic E-state index is 0.0213. The third kappa shape index (κ3) is 4.56. The maximum Gasteiger partial charge on any atom is 0.253 e. The van der Waals surface area contributed by atoms with Gasteiger partial charge >= 0.3 is 0 Å². The van der Waals surface area contributed by atoms with Crippen LogP contribution in [0.25, 0.3) is 11.3 Å². The molecule has 7 heteroatoms. The largest absolute Gasteiger partial charge is 0.497 e. The number of aryl methyl sites for hydroxylation is 2. The first-order chi connectivity index (χ1) is 14.5. The molecule has 0 radical (unpaired) electrons. The molecule has 0 spiro atoms. The zero-order valence-corrected chi connectivity index (χ0v) is 18.5. The number of aromatic nitrogens is 3. The molecule has 1 saturated carbocycles. The molecule has 2 heterocycles. The summed E-state index contributed by atoms with van der Waals surface area (Å²) in [5, 5.41) is 13.8. The molecular weight excluding hydrogens is 396 g/mol. The van der Waals surface area contributed by atoms with Crippen molar-refractivity contribution in [3.05, 3.63) is 51.6 Å². The molecule has 0 saturated heterocycles. The summed E-state index contributed by atoms with van der Waals surface area (Å²) in [6.07, 6.45) is 4.47. The lowest BCUT2D eigenvalue weighted by molar-refractivity contribution is 0.0943. The predicted octanol–water partition coefficient (Wildman–Crippen LogP) is 4.86. The van der Waals surface area contributed by atoms with Crippen LogP contribution in [0.2, 0.25) is 0 Å². The molecule has 1 aliphatic carbocycles. The molecule has 30 heavy (non-hydrogen) atoms. The number of methoxy groups -OCH3 is 1. The van der Waals surface area contributed by atoms with Gasteiger partial charge in [0.1, 0.15) is 15.8 Å². The normalized spacial score (nSPS) is 18.9. The van der Waals surface area contributed by atoms with E-state index >= 15 is 0 Å². The number of H-pyrrole nitrogens is 1. The highest BCUT2D eigenvalue weighted by molar-refractivity contribution is 7.11. The second kappa shape index (κ2) is 9.00. The Kier molecular flexibility index (Phi) is 6.18. The van der Waals surface area contributed by atoms with E-state index in [4.69, 9.17) is 4.74 Å². The van der Waals surface area contributed by atoms with Gasteiger partial charge in [-0.1, -0.05) is 0 Å². The van der Waals surface area contributed by atoms with Gasteiger partial charge in [0.2, 0.25) is 0 Å². The lowest BCUT2D eigenvalue weighted by Crippen LogP contribution is -2.31. The smallest absolute Gasteiger partial charge is 0.253 e. The van der Waals surface area contributed by atoms with Gasteiger partial charge in [-0.15, -0.1) is 21.5 Å². The Morgan fingerprint density at radius 2 is 1.90 bits per heavy atom. The summed E-state index contributed by atoms with van der Waals surface area (Å²) in [4.78, 5) is 16.3. The maximum atomic E-state index is 12.9. The quantitative estimate of drug-likeness (QED) is 0.592. The van der Waals surface area contributed by atoms with Crippen molar-refractivity contribution in [2.24, 2.45) is 5.92 Å². The number of hydrogen-bond acceptors (Lipinski definition) is 5. The van der Waals surface area contributed by atoms with Crippen LogP contribution in [0.15, 0.2) is 30.3 Å². The molecule has 6 nitrogen and oxygen atoms in total. The van der Waals surface area contributed by atoms with Gasteiger partial charge in [-0.3, -0.25) is 4.79 Å². The van der Waals surface area contributed by atoms with E-state index in [2.05, 4.69) is 20.5 Å². The molecule has 158 valence electrons. The number of hydrogen-bond donors (Lipinski definition) is 2. The zero-order valence-electron chi connectivity index (χ0n) is 17.7. The first kappa shape index (κ1) is 20.6. The van der Waals surface area contributed by atoms with Crippen LogP contribution >= 0.6 is 11.3 Å². The van der Waals surface area contributed by atoms with Gasteiger partial charge in [0.05, 0.1) is 18.4 Å². The Morgan fingerprint density at radius 3 is 2.53 bits per heavy atom. The van der Waals surface area contributed by atoms with Crippen molar-refractivity contribution in [1.29, 1.82) is 0 Å². The Hall–Kier alpha value is -2.67. The molecule has 4 rings (SSSR count). The van der Waals surface area contributed by atoms with E-state index in [9.17, 15) is 4.79 Å². The van der Waals surface area contributed by atoms with Crippen LogP contribution in [-0.2, 0) is 0 Å². The van der Waals surface area contributed by atoms with E-state index in [1.54, 1.807) is 18.4 Å². The van der Waals surface area contributed by atoms with Crippen molar-refractivity contribution >= 4 is 17.2 Å². The van der Waals surface area contributed by atoms with Crippen molar-refractivity contribution in [3.63, 3.8) is 0 Å². The summed E-state index contributed by atoms with van der Waals surface area (Å²) in [6.45, 7) is 4.69. The monoisotopic (exact) mass is 424 g/mol. The first-order valence-corrected chi connectivity index (χ1v) is 11.3. The molecule has 1 fully saturated rings. The summed E-state index contributed by atoms with van der Waals surface area (Å²) >= 11 is 1.71. The van der Waals surface area contributed by atoms with Gasteiger partial charge in [-0.2, -0.15) is 0 Å². The number of carbonyl (C=O) groups excluding carboxylic acids is 1. The van der Waals surface area contributed by atoms with Gasteiger partial charge in [-0.25, -0.2) is 0 Å². The fraction of sp³-hybridized carbons (Fsp3) is 0.435. The summed E-state index contributed by atoms with van der Waals surface area (Å²) < 4.78 is 5.23. The van der Waals surface area contributed by atoms with E-state index in [0.29, 0.717) is 23.9 Å². The number of rotatable bonds is 6. The maximum absolute atomic E-state index is 12.9. The number of nitrogens with zero attached hydrogens (tertiary/aromatic N) is 2. The highest BCUT2D eigenvalue weighted by Gasteiger charge is 2.25. The van der Waals surface area contributed by atoms with Crippen molar-refractivity contribution in [3.8, 4) is 17.0 Å². The Bertz CT molecular complexity index is 1000. The van der Waals surface area contributed by atoms with Crippen LogP contribution in [-0.4, -0.2) is 34.7 Å². The van der Waals surface area contributed by atoms with Gasteiger partial charge in [0, 0.05) is 18.2 Å². The van der Waals surface area contributed by atoms with Gasteiger partial charge < -0.3 is 15.0 Å². The summed E-state index contributed by atoms with van der Waals surface area (Å²) in [7, 11) is 1.65. The molecule has 1 aliphatic rings. The third-order valence-electron chi connectivity index (χ3n) is 5.86. The number of amides is 1. The van der Waals surface area contributed by atoms with Crippen LogP contribution in [0, 0.1) is 19.8 Å². The molecule has 2 aromatic heterocycles. The van der Waals surface area contributed by atoms with E-state index in [0.717, 1.165) is 53.4 Å². The van der Waals surface area contributed by atoms with Gasteiger partial charge in [0.25, 0.3) is 5.91 Å². The van der Waals surface area contributed by atoms with Gasteiger partial charge in [0.15, 0.2) is 0 Å². The minimum Gasteiger partial charge on any atom is -0.497 e. The highest BCUT2D eigenvalue weighted by Crippen LogP contribution is 2.36. The SMILES string of the molecule is COc1ccc(-c2[nH]c(C)cc2C(=O)NCC2CCC(c3nnc(C)s3)CC2)cc1. The fourth-order valence-electron chi connectivity index (χ4n) is 4.18. The standard InChI is InChI=1S/C23H28N4O2S/c1-14-12-20(21(25-14)17-8-10-19(29-3)11-9-17)22(28)24-13-16-4-6-18(7-5-16)23-27-26-15(2)30-23/h8-12,16,18,25H,4-7,13H2,1-3H3,(H,24,28). The third-order valence-corrected chi connectivity index (χ3v) is 6.87. The average Bonchev–Trinajstić information content (AvgIpc) is 3.38. The zero-order chi connectivity index (χ0) is 21.1.